The fraction of sp³-hybridized carbons (Fsp3) is 0.318. The summed E-state index contributed by atoms with van der Waals surface area (Å²) in [7, 11) is 4.63. The molecule has 0 N–H and O–H groups in total. The Labute approximate surface area is 160 Å². The van der Waals surface area contributed by atoms with Gasteiger partial charge in [-0.2, -0.15) is 0 Å². The SMILES string of the molecule is COc1cc(C=CC(=O)Oc2cc(C(C)C)ccc2C)cc(OC)c1OC. The summed E-state index contributed by atoms with van der Waals surface area (Å²) in [6.45, 7) is 6.11. The lowest BCUT2D eigenvalue weighted by molar-refractivity contribution is -0.128. The van der Waals surface area contributed by atoms with Crippen molar-refractivity contribution in [3.05, 3.63) is 53.1 Å². The maximum absolute atomic E-state index is 12.3. The van der Waals surface area contributed by atoms with E-state index < -0.39 is 5.97 Å². The van der Waals surface area contributed by atoms with E-state index in [1.165, 1.54) is 6.08 Å². The first-order valence-electron chi connectivity index (χ1n) is 8.70. The predicted molar refractivity (Wildman–Crippen MR) is 106 cm³/mol. The molecule has 0 aliphatic carbocycles. The number of carbonyl (C=O) groups is 1. The Morgan fingerprint density at radius 1 is 0.926 bits per heavy atom. The lowest BCUT2D eigenvalue weighted by Gasteiger charge is -2.13. The minimum Gasteiger partial charge on any atom is -0.493 e. The van der Waals surface area contributed by atoms with Crippen molar-refractivity contribution < 1.29 is 23.7 Å². The molecule has 2 aromatic rings. The average molecular weight is 370 g/mol. The average Bonchev–Trinajstić information content (AvgIpc) is 2.66. The van der Waals surface area contributed by atoms with Crippen molar-refractivity contribution in [1.82, 2.24) is 0 Å². The van der Waals surface area contributed by atoms with Gasteiger partial charge in [-0.3, -0.25) is 0 Å². The summed E-state index contributed by atoms with van der Waals surface area (Å²) in [4.78, 5) is 12.3. The van der Waals surface area contributed by atoms with Gasteiger partial charge in [0.2, 0.25) is 5.75 Å². The van der Waals surface area contributed by atoms with Crippen molar-refractivity contribution in [2.75, 3.05) is 21.3 Å². The third-order valence-electron chi connectivity index (χ3n) is 4.19. The van der Waals surface area contributed by atoms with Gasteiger partial charge in [0, 0.05) is 6.08 Å². The van der Waals surface area contributed by atoms with Crippen LogP contribution in [-0.4, -0.2) is 27.3 Å². The summed E-state index contributed by atoms with van der Waals surface area (Å²) in [5.74, 6) is 2.02. The molecule has 5 heteroatoms. The van der Waals surface area contributed by atoms with E-state index in [0.29, 0.717) is 28.9 Å². The van der Waals surface area contributed by atoms with Crippen LogP contribution in [0.2, 0.25) is 0 Å². The van der Waals surface area contributed by atoms with Crippen molar-refractivity contribution in [2.45, 2.75) is 26.7 Å². The van der Waals surface area contributed by atoms with Crippen LogP contribution in [0.25, 0.3) is 6.08 Å². The Hall–Kier alpha value is -2.95. The minimum absolute atomic E-state index is 0.359. The first-order chi connectivity index (χ1) is 12.9. The van der Waals surface area contributed by atoms with E-state index in [1.807, 2.05) is 25.1 Å². The second-order valence-electron chi connectivity index (χ2n) is 6.39. The molecule has 0 radical (unpaired) electrons. The molecule has 0 fully saturated rings. The summed E-state index contributed by atoms with van der Waals surface area (Å²) in [6.07, 6.45) is 3.02. The van der Waals surface area contributed by atoms with Gasteiger partial charge in [-0.05, 0) is 53.8 Å². The van der Waals surface area contributed by atoms with Gasteiger partial charge in [0.05, 0.1) is 21.3 Å². The van der Waals surface area contributed by atoms with Crippen LogP contribution in [0.5, 0.6) is 23.0 Å². The van der Waals surface area contributed by atoms with Crippen molar-refractivity contribution in [1.29, 1.82) is 0 Å². The molecular formula is C22H26O5. The maximum atomic E-state index is 12.3. The Morgan fingerprint density at radius 3 is 2.07 bits per heavy atom. The minimum atomic E-state index is -0.451. The van der Waals surface area contributed by atoms with Crippen molar-refractivity contribution >= 4 is 12.0 Å². The van der Waals surface area contributed by atoms with Crippen LogP contribution in [0.3, 0.4) is 0 Å². The third kappa shape index (κ3) is 5.03. The molecule has 0 bridgehead atoms. The second-order valence-corrected chi connectivity index (χ2v) is 6.39. The molecular weight excluding hydrogens is 344 g/mol. The number of methoxy groups -OCH3 is 3. The van der Waals surface area contributed by atoms with E-state index in [2.05, 4.69) is 13.8 Å². The highest BCUT2D eigenvalue weighted by atomic mass is 16.5. The van der Waals surface area contributed by atoms with E-state index in [-0.39, 0.29) is 0 Å². The van der Waals surface area contributed by atoms with Gasteiger partial charge in [0.25, 0.3) is 0 Å². The zero-order valence-corrected chi connectivity index (χ0v) is 16.7. The molecule has 2 aromatic carbocycles. The fourth-order valence-electron chi connectivity index (χ4n) is 2.59. The highest BCUT2D eigenvalue weighted by Crippen LogP contribution is 2.38. The van der Waals surface area contributed by atoms with Crippen LogP contribution in [0.15, 0.2) is 36.4 Å². The Morgan fingerprint density at radius 2 is 1.56 bits per heavy atom. The standard InChI is InChI=1S/C22H26O5/c1-14(2)17-9-7-15(3)18(13-17)27-21(23)10-8-16-11-19(24-4)22(26-6)20(12-16)25-5/h7-14H,1-6H3. The van der Waals surface area contributed by atoms with Crippen LogP contribution in [-0.2, 0) is 4.79 Å². The normalized spacial score (nSPS) is 10.9. The molecule has 27 heavy (non-hydrogen) atoms. The summed E-state index contributed by atoms with van der Waals surface area (Å²) in [6, 6.07) is 9.43. The smallest absolute Gasteiger partial charge is 0.336 e. The first-order valence-corrected chi connectivity index (χ1v) is 8.70. The van der Waals surface area contributed by atoms with Crippen molar-refractivity contribution in [3.63, 3.8) is 0 Å². The fourth-order valence-corrected chi connectivity index (χ4v) is 2.59. The number of rotatable bonds is 7. The van der Waals surface area contributed by atoms with Crippen LogP contribution >= 0.6 is 0 Å². The highest BCUT2D eigenvalue weighted by Gasteiger charge is 2.13. The number of hydrogen-bond acceptors (Lipinski definition) is 5. The quantitative estimate of drug-likeness (QED) is 0.399. The van der Waals surface area contributed by atoms with Gasteiger partial charge in [0.1, 0.15) is 5.75 Å². The molecule has 0 aromatic heterocycles. The number of esters is 1. The van der Waals surface area contributed by atoms with E-state index in [1.54, 1.807) is 39.5 Å². The van der Waals surface area contributed by atoms with Gasteiger partial charge >= 0.3 is 5.97 Å². The summed E-state index contributed by atoms with van der Waals surface area (Å²) < 4.78 is 21.4. The van der Waals surface area contributed by atoms with Crippen molar-refractivity contribution in [3.8, 4) is 23.0 Å². The number of hydrogen-bond donors (Lipinski definition) is 0. The molecule has 5 nitrogen and oxygen atoms in total. The number of aryl methyl sites for hydroxylation is 1. The first kappa shape index (κ1) is 20.4. The second kappa shape index (κ2) is 9.12. The third-order valence-corrected chi connectivity index (χ3v) is 4.19. The molecule has 0 saturated carbocycles. The molecule has 0 unspecified atom stereocenters. The van der Waals surface area contributed by atoms with Gasteiger partial charge < -0.3 is 18.9 Å². The molecule has 0 aliphatic heterocycles. The van der Waals surface area contributed by atoms with Gasteiger partial charge in [0.15, 0.2) is 11.5 Å². The van der Waals surface area contributed by atoms with Crippen molar-refractivity contribution in [2.24, 2.45) is 0 Å². The number of carbonyl (C=O) groups excluding carboxylic acids is 1. The molecule has 0 saturated heterocycles. The van der Waals surface area contributed by atoms with Crippen LogP contribution in [0.4, 0.5) is 0 Å². The Kier molecular flexibility index (Phi) is 6.88. The van der Waals surface area contributed by atoms with E-state index in [4.69, 9.17) is 18.9 Å². The summed E-state index contributed by atoms with van der Waals surface area (Å²) in [5.41, 5.74) is 2.76. The van der Waals surface area contributed by atoms with Crippen LogP contribution < -0.4 is 18.9 Å². The van der Waals surface area contributed by atoms with E-state index in [9.17, 15) is 4.79 Å². The zero-order valence-electron chi connectivity index (χ0n) is 16.7. The monoisotopic (exact) mass is 370 g/mol. The highest BCUT2D eigenvalue weighted by molar-refractivity contribution is 5.89. The van der Waals surface area contributed by atoms with Gasteiger partial charge in [-0.25, -0.2) is 4.79 Å². The molecule has 0 aliphatic rings. The van der Waals surface area contributed by atoms with E-state index >= 15 is 0 Å². The molecule has 0 heterocycles. The van der Waals surface area contributed by atoms with Gasteiger partial charge in [-0.1, -0.05) is 26.0 Å². The van der Waals surface area contributed by atoms with E-state index in [0.717, 1.165) is 16.7 Å². The summed E-state index contributed by atoms with van der Waals surface area (Å²) >= 11 is 0. The van der Waals surface area contributed by atoms with Crippen LogP contribution in [0, 0.1) is 6.92 Å². The molecule has 0 spiro atoms. The maximum Gasteiger partial charge on any atom is 0.336 e. The molecule has 0 amide bonds. The van der Waals surface area contributed by atoms with Crippen LogP contribution in [0.1, 0.15) is 36.5 Å². The largest absolute Gasteiger partial charge is 0.493 e. The molecule has 144 valence electrons. The van der Waals surface area contributed by atoms with Gasteiger partial charge in [-0.15, -0.1) is 0 Å². The topological polar surface area (TPSA) is 54.0 Å². The lowest BCUT2D eigenvalue weighted by atomic mass is 10.0. The lowest BCUT2D eigenvalue weighted by Crippen LogP contribution is -2.05. The molecule has 0 atom stereocenters. The number of ether oxygens (including phenoxy) is 4. The summed E-state index contributed by atoms with van der Waals surface area (Å²) in [5, 5.41) is 0. The number of benzene rings is 2. The zero-order chi connectivity index (χ0) is 20.0. The Bertz CT molecular complexity index is 812. The molecule has 2 rings (SSSR count). The Balaban J connectivity index is 2.21. The predicted octanol–water partition coefficient (Wildman–Crippen LogP) is 4.76.